The summed E-state index contributed by atoms with van der Waals surface area (Å²) < 4.78 is 13.6. The first-order valence-electron chi connectivity index (χ1n) is 6.40. The van der Waals surface area contributed by atoms with E-state index in [4.69, 9.17) is 5.11 Å². The van der Waals surface area contributed by atoms with Gasteiger partial charge in [-0.05, 0) is 30.9 Å². The lowest BCUT2D eigenvalue weighted by Crippen LogP contribution is -2.36. The van der Waals surface area contributed by atoms with Gasteiger partial charge in [-0.25, -0.2) is 9.18 Å². The average molecular weight is 251 g/mol. The Morgan fingerprint density at radius 2 is 2.33 bits per heavy atom. The maximum Gasteiger partial charge on any atom is 0.340 e. The molecule has 0 aliphatic carbocycles. The molecule has 3 nitrogen and oxygen atoms in total. The van der Waals surface area contributed by atoms with Gasteiger partial charge in [0.2, 0.25) is 0 Å². The summed E-state index contributed by atoms with van der Waals surface area (Å²) in [5.74, 6) is -1.27. The number of carboxylic acid groups (broad SMARTS) is 1. The molecule has 0 radical (unpaired) electrons. The van der Waals surface area contributed by atoms with Gasteiger partial charge in [0.15, 0.2) is 0 Å². The van der Waals surface area contributed by atoms with Crippen molar-refractivity contribution in [2.75, 3.05) is 18.0 Å². The van der Waals surface area contributed by atoms with E-state index in [1.807, 2.05) is 4.90 Å². The minimum absolute atomic E-state index is 0.200. The molecule has 1 unspecified atom stereocenters. The van der Waals surface area contributed by atoms with E-state index in [9.17, 15) is 9.18 Å². The van der Waals surface area contributed by atoms with Crippen molar-refractivity contribution in [2.24, 2.45) is 5.92 Å². The third-order valence-electron chi connectivity index (χ3n) is 3.64. The van der Waals surface area contributed by atoms with Crippen molar-refractivity contribution in [3.63, 3.8) is 0 Å². The Labute approximate surface area is 106 Å². The fourth-order valence-electron chi connectivity index (χ4n) is 2.61. The molecule has 0 aromatic heterocycles. The predicted octanol–water partition coefficient (Wildman–Crippen LogP) is 3.15. The predicted molar refractivity (Wildman–Crippen MR) is 68.6 cm³/mol. The van der Waals surface area contributed by atoms with Crippen LogP contribution < -0.4 is 4.90 Å². The van der Waals surface area contributed by atoms with Gasteiger partial charge in [-0.1, -0.05) is 19.4 Å². The minimum atomic E-state index is -1.19. The summed E-state index contributed by atoms with van der Waals surface area (Å²) in [5, 5.41) is 9.13. The molecule has 1 aromatic carbocycles. The van der Waals surface area contributed by atoms with Crippen LogP contribution >= 0.6 is 0 Å². The van der Waals surface area contributed by atoms with Crippen molar-refractivity contribution in [2.45, 2.75) is 26.2 Å². The van der Waals surface area contributed by atoms with Gasteiger partial charge in [0.1, 0.15) is 11.4 Å². The lowest BCUT2D eigenvalue weighted by Gasteiger charge is -2.34. The zero-order valence-electron chi connectivity index (χ0n) is 10.5. The van der Waals surface area contributed by atoms with Crippen molar-refractivity contribution in [1.82, 2.24) is 0 Å². The molecule has 1 N–H and O–H groups in total. The second-order valence-corrected chi connectivity index (χ2v) is 4.80. The maximum atomic E-state index is 13.6. The molecule has 1 aliphatic rings. The molecular formula is C14H18FNO2. The zero-order valence-corrected chi connectivity index (χ0v) is 10.5. The molecule has 0 spiro atoms. The van der Waals surface area contributed by atoms with Crippen molar-refractivity contribution >= 4 is 11.7 Å². The number of halogens is 1. The Kier molecular flexibility index (Phi) is 3.84. The lowest BCUT2D eigenvalue weighted by atomic mass is 9.94. The number of carbonyl (C=O) groups is 1. The highest BCUT2D eigenvalue weighted by Gasteiger charge is 2.24. The molecule has 1 aromatic rings. The molecule has 1 heterocycles. The van der Waals surface area contributed by atoms with Crippen LogP contribution in [0.1, 0.15) is 36.5 Å². The van der Waals surface area contributed by atoms with E-state index in [1.165, 1.54) is 12.5 Å². The fourth-order valence-corrected chi connectivity index (χ4v) is 2.61. The van der Waals surface area contributed by atoms with E-state index in [0.717, 1.165) is 25.9 Å². The number of anilines is 1. The molecule has 0 saturated carbocycles. The third kappa shape index (κ3) is 2.47. The van der Waals surface area contributed by atoms with Crippen LogP contribution in [0.5, 0.6) is 0 Å². The van der Waals surface area contributed by atoms with Crippen molar-refractivity contribution in [3.8, 4) is 0 Å². The number of aromatic carboxylic acids is 1. The monoisotopic (exact) mass is 251 g/mol. The van der Waals surface area contributed by atoms with Crippen molar-refractivity contribution < 1.29 is 14.3 Å². The Hall–Kier alpha value is -1.58. The van der Waals surface area contributed by atoms with Crippen LogP contribution in [0.25, 0.3) is 0 Å². The molecule has 0 amide bonds. The number of hydrogen-bond acceptors (Lipinski definition) is 2. The van der Waals surface area contributed by atoms with E-state index < -0.39 is 11.8 Å². The highest BCUT2D eigenvalue weighted by molar-refractivity contribution is 5.94. The quantitative estimate of drug-likeness (QED) is 0.897. The fraction of sp³-hybridized carbons (Fsp3) is 0.500. The highest BCUT2D eigenvalue weighted by atomic mass is 19.1. The normalized spacial score (nSPS) is 19.9. The number of hydrogen-bond donors (Lipinski definition) is 1. The van der Waals surface area contributed by atoms with E-state index in [2.05, 4.69) is 6.92 Å². The Bertz CT molecular complexity index is 447. The summed E-state index contributed by atoms with van der Waals surface area (Å²) in [6.45, 7) is 3.76. The van der Waals surface area contributed by atoms with Gasteiger partial charge in [-0.15, -0.1) is 0 Å². The summed E-state index contributed by atoms with van der Waals surface area (Å²) in [7, 11) is 0. The molecule has 1 aliphatic heterocycles. The summed E-state index contributed by atoms with van der Waals surface area (Å²) in [6.07, 6.45) is 3.28. The second kappa shape index (κ2) is 5.38. The largest absolute Gasteiger partial charge is 0.478 e. The molecule has 98 valence electrons. The van der Waals surface area contributed by atoms with E-state index in [1.54, 1.807) is 12.1 Å². The third-order valence-corrected chi connectivity index (χ3v) is 3.64. The Morgan fingerprint density at radius 1 is 1.56 bits per heavy atom. The summed E-state index contributed by atoms with van der Waals surface area (Å²) in [4.78, 5) is 13.2. The Morgan fingerprint density at radius 3 is 3.00 bits per heavy atom. The first-order valence-corrected chi connectivity index (χ1v) is 6.40. The molecule has 1 atom stereocenters. The second-order valence-electron chi connectivity index (χ2n) is 4.80. The standard InChI is InChI=1S/C14H18FNO2/c1-2-10-5-4-8-16(9-10)12-7-3-6-11(15)13(12)14(17)18/h3,6-7,10H,2,4-5,8-9H2,1H3,(H,17,18). The van der Waals surface area contributed by atoms with Crippen LogP contribution in [0.15, 0.2) is 18.2 Å². The maximum absolute atomic E-state index is 13.6. The van der Waals surface area contributed by atoms with Crippen molar-refractivity contribution in [3.05, 3.63) is 29.6 Å². The minimum Gasteiger partial charge on any atom is -0.478 e. The number of piperidine rings is 1. The van der Waals surface area contributed by atoms with Gasteiger partial charge in [0.05, 0.1) is 5.69 Å². The first-order chi connectivity index (χ1) is 8.63. The van der Waals surface area contributed by atoms with Crippen LogP contribution in [0.3, 0.4) is 0 Å². The van der Waals surface area contributed by atoms with E-state index >= 15 is 0 Å². The molecule has 4 heteroatoms. The molecule has 1 fully saturated rings. The summed E-state index contributed by atoms with van der Waals surface area (Å²) in [6, 6.07) is 4.48. The van der Waals surface area contributed by atoms with Crippen LogP contribution in [0.2, 0.25) is 0 Å². The SMILES string of the molecule is CCC1CCCN(c2cccc(F)c2C(=O)O)C1. The van der Waals surface area contributed by atoms with Crippen LogP contribution in [-0.4, -0.2) is 24.2 Å². The van der Waals surface area contributed by atoms with Crippen LogP contribution in [0, 0.1) is 11.7 Å². The average Bonchev–Trinajstić information content (AvgIpc) is 2.38. The van der Waals surface area contributed by atoms with Gasteiger partial charge in [0.25, 0.3) is 0 Å². The van der Waals surface area contributed by atoms with Gasteiger partial charge in [-0.3, -0.25) is 0 Å². The number of benzene rings is 1. The van der Waals surface area contributed by atoms with Gasteiger partial charge in [-0.2, -0.15) is 0 Å². The number of carboxylic acids is 1. The topological polar surface area (TPSA) is 40.5 Å². The van der Waals surface area contributed by atoms with Crippen LogP contribution in [-0.2, 0) is 0 Å². The van der Waals surface area contributed by atoms with Gasteiger partial charge < -0.3 is 10.0 Å². The van der Waals surface area contributed by atoms with E-state index in [-0.39, 0.29) is 5.56 Å². The number of rotatable bonds is 3. The molecule has 0 bridgehead atoms. The number of nitrogens with zero attached hydrogens (tertiary/aromatic N) is 1. The smallest absolute Gasteiger partial charge is 0.340 e. The van der Waals surface area contributed by atoms with Crippen LogP contribution in [0.4, 0.5) is 10.1 Å². The van der Waals surface area contributed by atoms with Crippen molar-refractivity contribution in [1.29, 1.82) is 0 Å². The summed E-state index contributed by atoms with van der Waals surface area (Å²) >= 11 is 0. The van der Waals surface area contributed by atoms with Gasteiger partial charge in [0, 0.05) is 13.1 Å². The van der Waals surface area contributed by atoms with Gasteiger partial charge >= 0.3 is 5.97 Å². The summed E-state index contributed by atoms with van der Waals surface area (Å²) in [5.41, 5.74) is 0.315. The molecule has 2 rings (SSSR count). The Balaban J connectivity index is 2.32. The zero-order chi connectivity index (χ0) is 13.1. The first kappa shape index (κ1) is 12.9. The lowest BCUT2D eigenvalue weighted by molar-refractivity contribution is 0.0692. The highest BCUT2D eigenvalue weighted by Crippen LogP contribution is 2.29. The molecular weight excluding hydrogens is 233 g/mol. The molecule has 1 saturated heterocycles. The van der Waals surface area contributed by atoms with E-state index in [0.29, 0.717) is 11.6 Å². The molecule has 18 heavy (non-hydrogen) atoms.